The lowest BCUT2D eigenvalue weighted by Gasteiger charge is -2.11. The summed E-state index contributed by atoms with van der Waals surface area (Å²) in [5.74, 6) is 0.221. The lowest BCUT2D eigenvalue weighted by atomic mass is 10.1. The molecular weight excluding hydrogens is 302 g/mol. The zero-order chi connectivity index (χ0) is 16.8. The van der Waals surface area contributed by atoms with E-state index >= 15 is 0 Å². The summed E-state index contributed by atoms with van der Waals surface area (Å²) in [6.45, 7) is 0.896. The number of hydrogen-bond donors (Lipinski definition) is 1. The molecule has 1 N–H and O–H groups in total. The van der Waals surface area contributed by atoms with Gasteiger partial charge < -0.3 is 9.47 Å². The zero-order valence-electron chi connectivity index (χ0n) is 13.1. The molecule has 0 saturated carbocycles. The molecule has 0 atom stereocenters. The van der Waals surface area contributed by atoms with Crippen molar-refractivity contribution in [1.82, 2.24) is 0 Å². The molecule has 4 nitrogen and oxygen atoms in total. The Morgan fingerprint density at radius 2 is 1.87 bits per heavy atom. The number of benzene rings is 2. The quantitative estimate of drug-likeness (QED) is 0.632. The second kappa shape index (κ2) is 7.58. The Morgan fingerprint density at radius 3 is 2.52 bits per heavy atom. The third kappa shape index (κ3) is 4.42. The highest BCUT2D eigenvalue weighted by atomic mass is 19.3. The smallest absolute Gasteiger partial charge is 0.387 e. The van der Waals surface area contributed by atoms with Crippen molar-refractivity contribution in [2.75, 3.05) is 12.5 Å². The molecule has 0 amide bonds. The summed E-state index contributed by atoms with van der Waals surface area (Å²) in [6, 6.07) is 12.5. The number of hydrazone groups is 1. The lowest BCUT2D eigenvalue weighted by Crippen LogP contribution is -2.05. The molecule has 0 saturated heterocycles. The van der Waals surface area contributed by atoms with Crippen LogP contribution in [-0.2, 0) is 0 Å². The first kappa shape index (κ1) is 16.7. The number of ether oxygens (including phenoxy) is 2. The van der Waals surface area contributed by atoms with Crippen molar-refractivity contribution in [2.45, 2.75) is 20.5 Å². The molecule has 0 aliphatic carbocycles. The van der Waals surface area contributed by atoms with Crippen LogP contribution in [0.25, 0.3) is 0 Å². The molecule has 0 aromatic heterocycles. The molecule has 0 aliphatic heterocycles. The number of nitrogens with one attached hydrogen (secondary N) is 1. The van der Waals surface area contributed by atoms with Gasteiger partial charge in [0.1, 0.15) is 0 Å². The Labute approximate surface area is 133 Å². The maximum Gasteiger partial charge on any atom is 0.387 e. The minimum atomic E-state index is -2.90. The van der Waals surface area contributed by atoms with Crippen LogP contribution in [0.15, 0.2) is 47.6 Å². The minimum Gasteiger partial charge on any atom is -0.493 e. The van der Waals surface area contributed by atoms with Crippen LogP contribution in [0.3, 0.4) is 0 Å². The van der Waals surface area contributed by atoms with Gasteiger partial charge in [-0.1, -0.05) is 18.2 Å². The van der Waals surface area contributed by atoms with Crippen LogP contribution in [0.2, 0.25) is 0 Å². The van der Waals surface area contributed by atoms with Gasteiger partial charge in [-0.2, -0.15) is 13.9 Å². The number of anilines is 1. The number of hydrogen-bond acceptors (Lipinski definition) is 4. The summed E-state index contributed by atoms with van der Waals surface area (Å²) in [4.78, 5) is 0. The van der Waals surface area contributed by atoms with E-state index in [1.165, 1.54) is 13.2 Å². The van der Waals surface area contributed by atoms with Gasteiger partial charge in [0.05, 0.1) is 18.5 Å². The van der Waals surface area contributed by atoms with E-state index in [4.69, 9.17) is 4.74 Å². The maximum atomic E-state index is 12.3. The predicted octanol–water partition coefficient (Wildman–Crippen LogP) is 4.44. The molecule has 0 spiro atoms. The number of methoxy groups -OCH3 is 1. The summed E-state index contributed by atoms with van der Waals surface area (Å²) >= 11 is 0. The van der Waals surface area contributed by atoms with Crippen molar-refractivity contribution >= 4 is 11.4 Å². The van der Waals surface area contributed by atoms with Crippen LogP contribution >= 0.6 is 0 Å². The predicted molar refractivity (Wildman–Crippen MR) is 86.6 cm³/mol. The van der Waals surface area contributed by atoms with Gasteiger partial charge in [-0.25, -0.2) is 0 Å². The van der Waals surface area contributed by atoms with Gasteiger partial charge in [0, 0.05) is 5.56 Å². The molecule has 122 valence electrons. The van der Waals surface area contributed by atoms with E-state index in [0.29, 0.717) is 5.71 Å². The number of alkyl halides is 2. The van der Waals surface area contributed by atoms with Crippen LogP contribution in [0.4, 0.5) is 14.5 Å². The first-order valence-corrected chi connectivity index (χ1v) is 7.00. The van der Waals surface area contributed by atoms with Crippen molar-refractivity contribution < 1.29 is 18.3 Å². The number of halogens is 2. The summed E-state index contributed by atoms with van der Waals surface area (Å²) in [5.41, 5.74) is 6.39. The van der Waals surface area contributed by atoms with Crippen molar-refractivity contribution in [3.63, 3.8) is 0 Å². The second-order valence-corrected chi connectivity index (χ2v) is 4.87. The van der Waals surface area contributed by atoms with Crippen LogP contribution in [0, 0.1) is 6.92 Å². The van der Waals surface area contributed by atoms with E-state index in [1.807, 2.05) is 38.1 Å². The van der Waals surface area contributed by atoms with Crippen LogP contribution in [0.5, 0.6) is 11.5 Å². The molecule has 0 radical (unpaired) electrons. The highest BCUT2D eigenvalue weighted by molar-refractivity contribution is 5.99. The fourth-order valence-electron chi connectivity index (χ4n) is 1.99. The van der Waals surface area contributed by atoms with E-state index in [1.54, 1.807) is 12.1 Å². The third-order valence-corrected chi connectivity index (χ3v) is 3.29. The zero-order valence-corrected chi connectivity index (χ0v) is 13.1. The fourth-order valence-corrected chi connectivity index (χ4v) is 1.99. The lowest BCUT2D eigenvalue weighted by molar-refractivity contribution is -0.0512. The SMILES string of the molecule is COc1cc(/C(C)=N\Nc2ccccc2C)ccc1OC(F)F. The normalized spacial score (nSPS) is 11.5. The van der Waals surface area contributed by atoms with E-state index in [0.717, 1.165) is 16.8 Å². The maximum absolute atomic E-state index is 12.3. The van der Waals surface area contributed by atoms with Gasteiger partial charge in [0.15, 0.2) is 11.5 Å². The van der Waals surface area contributed by atoms with Crippen LogP contribution in [-0.4, -0.2) is 19.4 Å². The third-order valence-electron chi connectivity index (χ3n) is 3.29. The second-order valence-electron chi connectivity index (χ2n) is 4.87. The Hall–Kier alpha value is -2.63. The molecule has 0 bridgehead atoms. The molecule has 6 heteroatoms. The number of para-hydroxylation sites is 1. The molecule has 0 fully saturated rings. The first-order valence-electron chi connectivity index (χ1n) is 7.00. The Kier molecular flexibility index (Phi) is 5.51. The highest BCUT2D eigenvalue weighted by Crippen LogP contribution is 2.29. The molecule has 0 aliphatic rings. The molecule has 0 heterocycles. The van der Waals surface area contributed by atoms with Gasteiger partial charge in [-0.15, -0.1) is 0 Å². The van der Waals surface area contributed by atoms with E-state index in [2.05, 4.69) is 15.3 Å². The molecule has 23 heavy (non-hydrogen) atoms. The monoisotopic (exact) mass is 320 g/mol. The molecule has 0 unspecified atom stereocenters. The summed E-state index contributed by atoms with van der Waals surface area (Å²) in [5, 5.41) is 4.31. The minimum absolute atomic E-state index is 0.00841. The van der Waals surface area contributed by atoms with Crippen molar-refractivity contribution in [2.24, 2.45) is 5.10 Å². The van der Waals surface area contributed by atoms with E-state index in [9.17, 15) is 8.78 Å². The summed E-state index contributed by atoms with van der Waals surface area (Å²) < 4.78 is 34.1. The van der Waals surface area contributed by atoms with Crippen molar-refractivity contribution in [1.29, 1.82) is 0 Å². The first-order chi connectivity index (χ1) is 11.0. The number of aryl methyl sites for hydroxylation is 1. The van der Waals surface area contributed by atoms with Crippen LogP contribution in [0.1, 0.15) is 18.1 Å². The Morgan fingerprint density at radius 1 is 1.13 bits per heavy atom. The summed E-state index contributed by atoms with van der Waals surface area (Å²) in [6.07, 6.45) is 0. The topological polar surface area (TPSA) is 42.8 Å². The average molecular weight is 320 g/mol. The van der Waals surface area contributed by atoms with Crippen LogP contribution < -0.4 is 14.9 Å². The molecular formula is C17H18F2N2O2. The van der Waals surface area contributed by atoms with Gasteiger partial charge in [0.25, 0.3) is 0 Å². The molecule has 2 rings (SSSR count). The van der Waals surface area contributed by atoms with Crippen molar-refractivity contribution in [3.05, 3.63) is 53.6 Å². The Bertz CT molecular complexity index is 703. The van der Waals surface area contributed by atoms with E-state index < -0.39 is 6.61 Å². The van der Waals surface area contributed by atoms with Crippen molar-refractivity contribution in [3.8, 4) is 11.5 Å². The van der Waals surface area contributed by atoms with Gasteiger partial charge in [-0.3, -0.25) is 5.43 Å². The molecule has 2 aromatic rings. The number of nitrogens with zero attached hydrogens (tertiary/aromatic N) is 1. The van der Waals surface area contributed by atoms with E-state index in [-0.39, 0.29) is 11.5 Å². The highest BCUT2D eigenvalue weighted by Gasteiger charge is 2.12. The Balaban J connectivity index is 2.20. The molecule has 2 aromatic carbocycles. The van der Waals surface area contributed by atoms with Gasteiger partial charge >= 0.3 is 6.61 Å². The largest absolute Gasteiger partial charge is 0.493 e. The number of rotatable bonds is 6. The average Bonchev–Trinajstić information content (AvgIpc) is 2.53. The van der Waals surface area contributed by atoms with Gasteiger partial charge in [0.2, 0.25) is 0 Å². The fraction of sp³-hybridized carbons (Fsp3) is 0.235. The standard InChI is InChI=1S/C17H18F2N2O2/c1-11-6-4-5-7-14(11)21-20-12(2)13-8-9-15(23-17(18)19)16(10-13)22-3/h4-10,17,21H,1-3H3/b20-12-. The van der Waals surface area contributed by atoms with Gasteiger partial charge in [-0.05, 0) is 43.7 Å². The summed E-state index contributed by atoms with van der Waals surface area (Å²) in [7, 11) is 1.40.